The maximum absolute atomic E-state index is 14.2. The Labute approximate surface area is 123 Å². The summed E-state index contributed by atoms with van der Waals surface area (Å²) in [6.07, 6.45) is 0.506. The van der Waals surface area contributed by atoms with Crippen molar-refractivity contribution in [1.29, 1.82) is 0 Å². The molecule has 0 saturated carbocycles. The molecule has 0 radical (unpaired) electrons. The van der Waals surface area contributed by atoms with Gasteiger partial charge in [-0.2, -0.15) is 0 Å². The molecule has 1 heterocycles. The molecular weight excluding hydrogens is 278 g/mol. The van der Waals surface area contributed by atoms with Crippen LogP contribution in [0.3, 0.4) is 0 Å². The van der Waals surface area contributed by atoms with Crippen molar-refractivity contribution >= 4 is 5.69 Å². The summed E-state index contributed by atoms with van der Waals surface area (Å²) >= 11 is 0. The quantitative estimate of drug-likeness (QED) is 0.784. The highest BCUT2D eigenvalue weighted by atomic mass is 19.1. The van der Waals surface area contributed by atoms with E-state index in [1.54, 1.807) is 18.9 Å². The van der Waals surface area contributed by atoms with Gasteiger partial charge in [0.2, 0.25) is 0 Å². The first-order valence-electron chi connectivity index (χ1n) is 7.08. The van der Waals surface area contributed by atoms with E-state index >= 15 is 0 Å². The molecule has 1 aromatic carbocycles. The third-order valence-corrected chi connectivity index (χ3v) is 3.66. The maximum Gasteiger partial charge on any atom is 0.149 e. The Bertz CT molecular complexity index is 472. The smallest absolute Gasteiger partial charge is 0.149 e. The minimum atomic E-state index is -0.890. The molecule has 2 N–H and O–H groups in total. The molecule has 118 valence electrons. The van der Waals surface area contributed by atoms with Gasteiger partial charge in [-0.05, 0) is 31.0 Å². The fourth-order valence-corrected chi connectivity index (χ4v) is 2.57. The van der Waals surface area contributed by atoms with Crippen molar-refractivity contribution in [2.75, 3.05) is 38.3 Å². The van der Waals surface area contributed by atoms with Crippen LogP contribution in [0.25, 0.3) is 0 Å². The van der Waals surface area contributed by atoms with Crippen LogP contribution >= 0.6 is 0 Å². The number of nitrogens with zero attached hydrogens (tertiary/aromatic N) is 1. The van der Waals surface area contributed by atoms with Gasteiger partial charge in [0.1, 0.15) is 17.3 Å². The molecule has 4 nitrogen and oxygen atoms in total. The van der Waals surface area contributed by atoms with Crippen LogP contribution in [0.1, 0.15) is 18.9 Å². The fraction of sp³-hybridized carbons (Fsp3) is 0.600. The summed E-state index contributed by atoms with van der Waals surface area (Å²) in [6.45, 7) is 3.92. The predicted molar refractivity (Wildman–Crippen MR) is 77.4 cm³/mol. The van der Waals surface area contributed by atoms with Crippen molar-refractivity contribution in [2.24, 2.45) is 0 Å². The molecule has 1 aliphatic rings. The zero-order valence-electron chi connectivity index (χ0n) is 12.5. The molecular formula is C15H22F2N2O2. The van der Waals surface area contributed by atoms with E-state index in [1.165, 1.54) is 12.1 Å². The lowest BCUT2D eigenvalue weighted by Crippen LogP contribution is -2.30. The summed E-state index contributed by atoms with van der Waals surface area (Å²) < 4.78 is 33.2. The van der Waals surface area contributed by atoms with Gasteiger partial charge in [0.25, 0.3) is 0 Å². The van der Waals surface area contributed by atoms with Gasteiger partial charge in [0.05, 0.1) is 12.2 Å². The number of hydrogen-bond acceptors (Lipinski definition) is 4. The van der Waals surface area contributed by atoms with Crippen LogP contribution in [0.2, 0.25) is 0 Å². The predicted octanol–water partition coefficient (Wildman–Crippen LogP) is 1.66. The number of β-amino-alcohol motifs (C(OH)–C–C–N with tert-alkyl or cyclic N) is 1. The first-order valence-corrected chi connectivity index (χ1v) is 7.08. The van der Waals surface area contributed by atoms with E-state index in [0.29, 0.717) is 38.2 Å². The number of nitrogens with one attached hydrogen (secondary N) is 1. The number of hydrogen-bond donors (Lipinski definition) is 2. The molecule has 0 aliphatic carbocycles. The van der Waals surface area contributed by atoms with Gasteiger partial charge in [-0.25, -0.2) is 8.78 Å². The lowest BCUT2D eigenvalue weighted by atomic mass is 10.1. The summed E-state index contributed by atoms with van der Waals surface area (Å²) in [5, 5.41) is 13.0. The summed E-state index contributed by atoms with van der Waals surface area (Å²) in [6, 6.07) is 2.68. The van der Waals surface area contributed by atoms with E-state index in [9.17, 15) is 13.9 Å². The van der Waals surface area contributed by atoms with Crippen molar-refractivity contribution in [2.45, 2.75) is 25.5 Å². The van der Waals surface area contributed by atoms with Crippen LogP contribution in [0.15, 0.2) is 12.1 Å². The van der Waals surface area contributed by atoms with Gasteiger partial charge in [0, 0.05) is 33.3 Å². The molecule has 0 spiro atoms. The molecule has 1 unspecified atom stereocenters. The molecule has 6 heteroatoms. The Morgan fingerprint density at radius 2 is 2.05 bits per heavy atom. The number of aliphatic hydroxyl groups is 1. The van der Waals surface area contributed by atoms with Gasteiger partial charge in [0.15, 0.2) is 0 Å². The first-order chi connectivity index (χ1) is 9.93. The highest BCUT2D eigenvalue weighted by Gasteiger charge is 2.33. The fourth-order valence-electron chi connectivity index (χ4n) is 2.57. The second-order valence-electron chi connectivity index (χ2n) is 5.75. The second-order valence-corrected chi connectivity index (χ2v) is 5.75. The Morgan fingerprint density at radius 3 is 2.57 bits per heavy atom. The van der Waals surface area contributed by atoms with Gasteiger partial charge < -0.3 is 20.1 Å². The van der Waals surface area contributed by atoms with E-state index in [1.807, 2.05) is 0 Å². The van der Waals surface area contributed by atoms with Crippen LogP contribution in [-0.4, -0.2) is 44.1 Å². The van der Waals surface area contributed by atoms with Gasteiger partial charge in [-0.1, -0.05) is 0 Å². The Kier molecular flexibility index (Phi) is 5.13. The standard InChI is InChI=1S/C15H22F2N2O2/c1-15(20)3-5-19(10-15)14-12(16)7-11(8-13(14)17)9-18-4-6-21-2/h7-8,18,20H,3-6,9-10H2,1-2H3. The van der Waals surface area contributed by atoms with Crippen molar-refractivity contribution in [3.8, 4) is 0 Å². The molecule has 1 atom stereocenters. The third-order valence-electron chi connectivity index (χ3n) is 3.66. The Hall–Kier alpha value is -1.24. The molecule has 0 bridgehead atoms. The molecule has 0 amide bonds. The largest absolute Gasteiger partial charge is 0.388 e. The maximum atomic E-state index is 14.2. The van der Waals surface area contributed by atoms with Crippen LogP contribution in [0.5, 0.6) is 0 Å². The number of anilines is 1. The second kappa shape index (κ2) is 6.68. The van der Waals surface area contributed by atoms with E-state index in [0.717, 1.165) is 0 Å². The highest BCUT2D eigenvalue weighted by molar-refractivity contribution is 5.52. The minimum absolute atomic E-state index is 0.0478. The molecule has 0 aromatic heterocycles. The van der Waals surface area contributed by atoms with Crippen molar-refractivity contribution < 1.29 is 18.6 Å². The van der Waals surface area contributed by atoms with E-state index in [2.05, 4.69) is 5.32 Å². The SMILES string of the molecule is COCCNCc1cc(F)c(N2CCC(C)(O)C2)c(F)c1. The topological polar surface area (TPSA) is 44.7 Å². The summed E-state index contributed by atoms with van der Waals surface area (Å²) in [7, 11) is 1.60. The normalized spacial score (nSPS) is 22.0. The molecule has 1 aliphatic heterocycles. The molecule has 1 fully saturated rings. The van der Waals surface area contributed by atoms with E-state index < -0.39 is 17.2 Å². The van der Waals surface area contributed by atoms with E-state index in [4.69, 9.17) is 4.74 Å². The van der Waals surface area contributed by atoms with Gasteiger partial charge in [-0.3, -0.25) is 0 Å². The van der Waals surface area contributed by atoms with Gasteiger partial charge in [-0.15, -0.1) is 0 Å². The van der Waals surface area contributed by atoms with Crippen LogP contribution < -0.4 is 10.2 Å². The van der Waals surface area contributed by atoms with Crippen LogP contribution in [0, 0.1) is 11.6 Å². The monoisotopic (exact) mass is 300 g/mol. The average molecular weight is 300 g/mol. The number of methoxy groups -OCH3 is 1. The summed E-state index contributed by atoms with van der Waals surface area (Å²) in [5.41, 5.74) is -0.386. The highest BCUT2D eigenvalue weighted by Crippen LogP contribution is 2.31. The van der Waals surface area contributed by atoms with Crippen LogP contribution in [-0.2, 0) is 11.3 Å². The van der Waals surface area contributed by atoms with Crippen molar-refractivity contribution in [3.63, 3.8) is 0 Å². The zero-order chi connectivity index (χ0) is 15.5. The lowest BCUT2D eigenvalue weighted by Gasteiger charge is -2.22. The number of halogens is 2. The third kappa shape index (κ3) is 4.12. The number of rotatable bonds is 6. The number of ether oxygens (including phenoxy) is 1. The molecule has 21 heavy (non-hydrogen) atoms. The number of benzene rings is 1. The van der Waals surface area contributed by atoms with Gasteiger partial charge >= 0.3 is 0 Å². The van der Waals surface area contributed by atoms with Crippen LogP contribution in [0.4, 0.5) is 14.5 Å². The average Bonchev–Trinajstić information content (AvgIpc) is 2.74. The Balaban J connectivity index is 2.07. The van der Waals surface area contributed by atoms with Crippen molar-refractivity contribution in [1.82, 2.24) is 5.32 Å². The summed E-state index contributed by atoms with van der Waals surface area (Å²) in [5.74, 6) is -1.17. The Morgan fingerprint density at radius 1 is 1.38 bits per heavy atom. The molecule has 2 rings (SSSR count). The van der Waals surface area contributed by atoms with E-state index in [-0.39, 0.29) is 12.2 Å². The molecule has 1 saturated heterocycles. The van der Waals surface area contributed by atoms with Crippen molar-refractivity contribution in [3.05, 3.63) is 29.3 Å². The molecule has 1 aromatic rings. The lowest BCUT2D eigenvalue weighted by molar-refractivity contribution is 0.0839. The summed E-state index contributed by atoms with van der Waals surface area (Å²) in [4.78, 5) is 1.56. The minimum Gasteiger partial charge on any atom is -0.388 e. The first kappa shape index (κ1) is 16.1. The zero-order valence-corrected chi connectivity index (χ0v) is 12.5.